The van der Waals surface area contributed by atoms with Crippen LogP contribution in [0, 0.1) is 0 Å². The van der Waals surface area contributed by atoms with Crippen LogP contribution in [-0.4, -0.2) is 25.2 Å². The monoisotopic (exact) mass is 321 g/mol. The first-order chi connectivity index (χ1) is 11.7. The maximum Gasteiger partial charge on any atom is 0.167 e. The number of aromatic nitrogens is 3. The zero-order valence-electron chi connectivity index (χ0n) is 13.5. The Morgan fingerprint density at radius 3 is 1.71 bits per heavy atom. The van der Waals surface area contributed by atoms with Crippen LogP contribution >= 0.6 is 0 Å². The summed E-state index contributed by atoms with van der Waals surface area (Å²) in [6, 6.07) is 13.9. The highest BCUT2D eigenvalue weighted by molar-refractivity contribution is 5.68. The zero-order valence-corrected chi connectivity index (χ0v) is 13.5. The number of phenols is 2. The number of hydrogen-bond donors (Lipinski definition) is 2. The van der Waals surface area contributed by atoms with Crippen molar-refractivity contribution in [3.05, 3.63) is 54.4 Å². The number of phenolic OH excluding ortho intramolecular Hbond substituents is 2. The molecule has 0 spiro atoms. The van der Waals surface area contributed by atoms with Gasteiger partial charge in [0.1, 0.15) is 17.3 Å². The minimum Gasteiger partial charge on any atom is -0.507 e. The molecule has 0 unspecified atom stereocenters. The van der Waals surface area contributed by atoms with Crippen LogP contribution < -0.4 is 0 Å². The lowest BCUT2D eigenvalue weighted by atomic mass is 10.1. The van der Waals surface area contributed by atoms with Crippen molar-refractivity contribution in [3.63, 3.8) is 0 Å². The number of unbranched alkanes of at least 4 members (excludes halogenated alkanes) is 1. The van der Waals surface area contributed by atoms with Gasteiger partial charge in [0.05, 0.1) is 11.1 Å². The van der Waals surface area contributed by atoms with Gasteiger partial charge in [-0.1, -0.05) is 37.6 Å². The summed E-state index contributed by atoms with van der Waals surface area (Å²) in [6.45, 7) is 2.11. The summed E-state index contributed by atoms with van der Waals surface area (Å²) in [5.41, 5.74) is 1.10. The van der Waals surface area contributed by atoms with E-state index in [1.54, 1.807) is 36.4 Å². The zero-order chi connectivity index (χ0) is 16.9. The number of hydrogen-bond acceptors (Lipinski definition) is 5. The van der Waals surface area contributed by atoms with E-state index < -0.39 is 0 Å². The van der Waals surface area contributed by atoms with Crippen molar-refractivity contribution in [1.82, 2.24) is 15.0 Å². The van der Waals surface area contributed by atoms with Crippen LogP contribution in [0.3, 0.4) is 0 Å². The molecule has 5 nitrogen and oxygen atoms in total. The maximum atomic E-state index is 10.1. The molecule has 0 aliphatic carbocycles. The molecule has 0 radical (unpaired) electrons. The number of rotatable bonds is 5. The molecular weight excluding hydrogens is 302 g/mol. The van der Waals surface area contributed by atoms with Gasteiger partial charge in [0.15, 0.2) is 11.6 Å². The molecule has 3 rings (SSSR count). The lowest BCUT2D eigenvalue weighted by molar-refractivity contribution is 0.476. The van der Waals surface area contributed by atoms with Gasteiger partial charge in [-0.05, 0) is 30.7 Å². The Bertz CT molecular complexity index is 786. The summed E-state index contributed by atoms with van der Waals surface area (Å²) in [7, 11) is 0. The van der Waals surface area contributed by atoms with Crippen molar-refractivity contribution in [2.75, 3.05) is 0 Å². The van der Waals surface area contributed by atoms with E-state index in [0.29, 0.717) is 28.6 Å². The molecule has 5 heteroatoms. The normalized spacial score (nSPS) is 10.7. The Hall–Kier alpha value is -2.95. The van der Waals surface area contributed by atoms with E-state index in [-0.39, 0.29) is 11.5 Å². The van der Waals surface area contributed by atoms with E-state index in [1.807, 2.05) is 12.1 Å². The van der Waals surface area contributed by atoms with Crippen LogP contribution in [0.15, 0.2) is 48.5 Å². The van der Waals surface area contributed by atoms with Crippen molar-refractivity contribution >= 4 is 0 Å². The summed E-state index contributed by atoms with van der Waals surface area (Å²) in [5.74, 6) is 1.71. The standard InChI is InChI=1S/C19H19N3O2/c1-2-3-12-17-20-18(13-8-4-6-10-15(13)23)22-19(21-17)14-9-5-7-11-16(14)24/h4-11,23-24H,2-3,12H2,1H3. The van der Waals surface area contributed by atoms with E-state index in [1.165, 1.54) is 0 Å². The predicted octanol–water partition coefficient (Wildman–Crippen LogP) is 3.96. The second kappa shape index (κ2) is 7.08. The highest BCUT2D eigenvalue weighted by atomic mass is 16.3. The SMILES string of the molecule is CCCCc1nc(-c2ccccc2O)nc(-c2ccccc2O)n1. The molecule has 0 fully saturated rings. The number of benzene rings is 2. The van der Waals surface area contributed by atoms with Gasteiger partial charge in [-0.15, -0.1) is 0 Å². The number of aromatic hydroxyl groups is 2. The van der Waals surface area contributed by atoms with Crippen LogP contribution in [0.5, 0.6) is 11.5 Å². The molecule has 2 N–H and O–H groups in total. The van der Waals surface area contributed by atoms with Crippen LogP contribution in [0.2, 0.25) is 0 Å². The van der Waals surface area contributed by atoms with Gasteiger partial charge >= 0.3 is 0 Å². The molecule has 122 valence electrons. The Morgan fingerprint density at radius 1 is 0.750 bits per heavy atom. The average molecular weight is 321 g/mol. The molecule has 0 amide bonds. The molecule has 0 aliphatic rings. The van der Waals surface area contributed by atoms with Crippen molar-refractivity contribution in [3.8, 4) is 34.3 Å². The molecule has 1 aromatic heterocycles. The summed E-state index contributed by atoms with van der Waals surface area (Å²) < 4.78 is 0. The quantitative estimate of drug-likeness (QED) is 0.743. The van der Waals surface area contributed by atoms with Crippen LogP contribution in [0.1, 0.15) is 25.6 Å². The topological polar surface area (TPSA) is 79.1 Å². The van der Waals surface area contributed by atoms with Crippen molar-refractivity contribution in [2.45, 2.75) is 26.2 Å². The fourth-order valence-corrected chi connectivity index (χ4v) is 2.43. The lowest BCUT2D eigenvalue weighted by Gasteiger charge is -2.09. The van der Waals surface area contributed by atoms with Gasteiger partial charge < -0.3 is 10.2 Å². The fraction of sp³-hybridized carbons (Fsp3) is 0.211. The summed E-state index contributed by atoms with van der Waals surface area (Å²) in [5, 5.41) is 20.2. The molecule has 0 saturated carbocycles. The van der Waals surface area contributed by atoms with Crippen molar-refractivity contribution in [2.24, 2.45) is 0 Å². The van der Waals surface area contributed by atoms with E-state index in [2.05, 4.69) is 21.9 Å². The van der Waals surface area contributed by atoms with E-state index in [0.717, 1.165) is 19.3 Å². The van der Waals surface area contributed by atoms with E-state index >= 15 is 0 Å². The molecule has 0 bridgehead atoms. The second-order valence-corrected chi connectivity index (χ2v) is 5.54. The van der Waals surface area contributed by atoms with Crippen LogP contribution in [0.4, 0.5) is 0 Å². The Labute approximate surface area is 140 Å². The third kappa shape index (κ3) is 3.35. The highest BCUT2D eigenvalue weighted by Crippen LogP contribution is 2.30. The first kappa shape index (κ1) is 15.9. The largest absolute Gasteiger partial charge is 0.507 e. The Morgan fingerprint density at radius 2 is 1.25 bits per heavy atom. The predicted molar refractivity (Wildman–Crippen MR) is 92.6 cm³/mol. The summed E-state index contributed by atoms with van der Waals surface area (Å²) >= 11 is 0. The van der Waals surface area contributed by atoms with E-state index in [4.69, 9.17) is 0 Å². The molecule has 3 aromatic rings. The number of aryl methyl sites for hydroxylation is 1. The van der Waals surface area contributed by atoms with Crippen LogP contribution in [-0.2, 0) is 6.42 Å². The Balaban J connectivity index is 2.14. The molecule has 0 saturated heterocycles. The molecule has 1 heterocycles. The third-order valence-corrected chi connectivity index (χ3v) is 3.73. The van der Waals surface area contributed by atoms with Gasteiger partial charge in [-0.2, -0.15) is 0 Å². The molecule has 0 aliphatic heterocycles. The first-order valence-electron chi connectivity index (χ1n) is 8.00. The second-order valence-electron chi connectivity index (χ2n) is 5.54. The van der Waals surface area contributed by atoms with Crippen LogP contribution in [0.25, 0.3) is 22.8 Å². The lowest BCUT2D eigenvalue weighted by Crippen LogP contribution is -2.03. The van der Waals surface area contributed by atoms with Gasteiger partial charge in [0.25, 0.3) is 0 Å². The van der Waals surface area contributed by atoms with E-state index in [9.17, 15) is 10.2 Å². The van der Waals surface area contributed by atoms with Gasteiger partial charge in [-0.3, -0.25) is 0 Å². The number of nitrogens with zero attached hydrogens (tertiary/aromatic N) is 3. The average Bonchev–Trinajstić information content (AvgIpc) is 2.60. The van der Waals surface area contributed by atoms with Gasteiger partial charge in [0.2, 0.25) is 0 Å². The third-order valence-electron chi connectivity index (χ3n) is 3.73. The maximum absolute atomic E-state index is 10.1. The molecular formula is C19H19N3O2. The fourth-order valence-electron chi connectivity index (χ4n) is 2.43. The number of para-hydroxylation sites is 2. The van der Waals surface area contributed by atoms with Crippen molar-refractivity contribution in [1.29, 1.82) is 0 Å². The minimum absolute atomic E-state index is 0.119. The molecule has 0 atom stereocenters. The smallest absolute Gasteiger partial charge is 0.167 e. The summed E-state index contributed by atoms with van der Waals surface area (Å²) in [6.07, 6.45) is 2.72. The van der Waals surface area contributed by atoms with Gasteiger partial charge in [-0.25, -0.2) is 15.0 Å². The summed E-state index contributed by atoms with van der Waals surface area (Å²) in [4.78, 5) is 13.4. The highest BCUT2D eigenvalue weighted by Gasteiger charge is 2.14. The van der Waals surface area contributed by atoms with Gasteiger partial charge in [0, 0.05) is 6.42 Å². The minimum atomic E-state index is 0.119. The van der Waals surface area contributed by atoms with Crippen molar-refractivity contribution < 1.29 is 10.2 Å². The molecule has 24 heavy (non-hydrogen) atoms. The first-order valence-corrected chi connectivity index (χ1v) is 8.00. The molecule has 2 aromatic carbocycles. The Kier molecular flexibility index (Phi) is 4.70.